The van der Waals surface area contributed by atoms with Gasteiger partial charge in [0.1, 0.15) is 23.5 Å². The molecule has 1 N–H and O–H groups in total. The molecule has 0 spiro atoms. The van der Waals surface area contributed by atoms with Crippen LogP contribution in [0, 0.1) is 18.7 Å². The van der Waals surface area contributed by atoms with Crippen LogP contribution >= 0.6 is 0 Å². The van der Waals surface area contributed by atoms with E-state index in [0.29, 0.717) is 48.6 Å². The van der Waals surface area contributed by atoms with Gasteiger partial charge in [0.2, 0.25) is 5.91 Å². The normalized spacial score (nSPS) is 17.0. The highest BCUT2D eigenvalue weighted by molar-refractivity contribution is 5.87. The minimum absolute atomic E-state index is 0.159. The van der Waals surface area contributed by atoms with Crippen LogP contribution < -0.4 is 10.2 Å². The van der Waals surface area contributed by atoms with E-state index in [2.05, 4.69) is 38.2 Å². The molecule has 1 aliphatic carbocycles. The summed E-state index contributed by atoms with van der Waals surface area (Å²) >= 11 is 0. The number of hydrogen-bond acceptors (Lipinski definition) is 7. The van der Waals surface area contributed by atoms with Gasteiger partial charge < -0.3 is 15.1 Å². The third-order valence-corrected chi connectivity index (χ3v) is 7.21. The molecule has 8 nitrogen and oxygen atoms in total. The first-order chi connectivity index (χ1) is 17.5. The van der Waals surface area contributed by atoms with Crippen LogP contribution in [0.4, 0.5) is 16.0 Å². The number of aryl methyl sites for hydroxylation is 1. The predicted molar refractivity (Wildman–Crippen MR) is 137 cm³/mol. The van der Waals surface area contributed by atoms with Crippen LogP contribution in [-0.2, 0) is 4.79 Å². The van der Waals surface area contributed by atoms with Crippen molar-refractivity contribution in [2.45, 2.75) is 32.7 Å². The fraction of sp³-hybridized carbons (Fsp3) is 0.370. The summed E-state index contributed by atoms with van der Waals surface area (Å²) in [4.78, 5) is 35.0. The topological polar surface area (TPSA) is 87.1 Å². The Balaban J connectivity index is 1.36. The fourth-order valence-corrected chi connectivity index (χ4v) is 4.94. The van der Waals surface area contributed by atoms with Gasteiger partial charge in [-0.3, -0.25) is 9.78 Å². The Morgan fingerprint density at radius 1 is 1.08 bits per heavy atom. The number of piperazine rings is 1. The van der Waals surface area contributed by atoms with E-state index < -0.39 is 0 Å². The molecular formula is C27H28FN7O. The molecule has 184 valence electrons. The molecule has 3 aromatic heterocycles. The molecule has 36 heavy (non-hydrogen) atoms. The van der Waals surface area contributed by atoms with Gasteiger partial charge in [0.05, 0.1) is 17.1 Å². The largest absolute Gasteiger partial charge is 0.361 e. The summed E-state index contributed by atoms with van der Waals surface area (Å²) in [5.74, 6) is 1.68. The maximum atomic E-state index is 14.4. The molecule has 0 bridgehead atoms. The molecule has 1 aromatic carbocycles. The first kappa shape index (κ1) is 22.6. The first-order valence-corrected chi connectivity index (χ1v) is 12.5. The Kier molecular flexibility index (Phi) is 5.62. The van der Waals surface area contributed by atoms with E-state index >= 15 is 0 Å². The smallest absolute Gasteiger partial charge is 0.225 e. The lowest BCUT2D eigenvalue weighted by Gasteiger charge is -2.37. The molecule has 0 unspecified atom stereocenters. The van der Waals surface area contributed by atoms with Crippen molar-refractivity contribution in [3.8, 4) is 0 Å². The molecule has 1 saturated carbocycles. The number of nitrogens with one attached hydrogen (secondary N) is 1. The number of pyridine rings is 2. The Hall–Kier alpha value is -3.88. The minimum Gasteiger partial charge on any atom is -0.361 e. The number of amides is 1. The van der Waals surface area contributed by atoms with E-state index in [-0.39, 0.29) is 23.7 Å². The summed E-state index contributed by atoms with van der Waals surface area (Å²) in [5.41, 5.74) is 3.65. The van der Waals surface area contributed by atoms with Gasteiger partial charge in [0.25, 0.3) is 0 Å². The van der Waals surface area contributed by atoms with Gasteiger partial charge in [0.15, 0.2) is 5.82 Å². The summed E-state index contributed by atoms with van der Waals surface area (Å²) in [7, 11) is 0. The number of carbonyl (C=O) groups excluding carboxylic acids is 1. The molecule has 1 atom stereocenters. The van der Waals surface area contributed by atoms with Crippen molar-refractivity contribution in [1.82, 2.24) is 24.8 Å². The number of fused-ring (bicyclic) bond motifs is 2. The predicted octanol–water partition coefficient (Wildman–Crippen LogP) is 4.25. The third-order valence-electron chi connectivity index (χ3n) is 7.21. The highest BCUT2D eigenvalue weighted by Gasteiger charge is 2.35. The van der Waals surface area contributed by atoms with Gasteiger partial charge in [-0.05, 0) is 57.0 Å². The lowest BCUT2D eigenvalue weighted by atomic mass is 10.0. The van der Waals surface area contributed by atoms with Crippen molar-refractivity contribution in [2.24, 2.45) is 5.92 Å². The number of rotatable bonds is 5. The number of nitrogens with zero attached hydrogens (tertiary/aromatic N) is 6. The van der Waals surface area contributed by atoms with Crippen molar-refractivity contribution >= 4 is 39.5 Å². The molecule has 1 amide bonds. The third kappa shape index (κ3) is 4.08. The maximum absolute atomic E-state index is 14.4. The Morgan fingerprint density at radius 3 is 2.67 bits per heavy atom. The summed E-state index contributed by atoms with van der Waals surface area (Å²) in [6, 6.07) is 8.95. The van der Waals surface area contributed by atoms with Crippen molar-refractivity contribution < 1.29 is 9.18 Å². The second kappa shape index (κ2) is 8.96. The maximum Gasteiger partial charge on any atom is 0.225 e. The number of halogens is 1. The van der Waals surface area contributed by atoms with Crippen LogP contribution in [0.25, 0.3) is 21.9 Å². The van der Waals surface area contributed by atoms with Crippen LogP contribution in [0.2, 0.25) is 0 Å². The Morgan fingerprint density at radius 2 is 1.89 bits per heavy atom. The summed E-state index contributed by atoms with van der Waals surface area (Å²) < 4.78 is 14.4. The van der Waals surface area contributed by atoms with Crippen molar-refractivity contribution in [1.29, 1.82) is 0 Å². The highest BCUT2D eigenvalue weighted by Crippen LogP contribution is 2.35. The molecule has 1 saturated heterocycles. The second-order valence-corrected chi connectivity index (χ2v) is 9.69. The number of carbonyl (C=O) groups is 1. The zero-order chi connectivity index (χ0) is 24.8. The van der Waals surface area contributed by atoms with Gasteiger partial charge in [0, 0.05) is 54.8 Å². The van der Waals surface area contributed by atoms with Gasteiger partial charge in [-0.2, -0.15) is 0 Å². The number of aromatic nitrogens is 4. The summed E-state index contributed by atoms with van der Waals surface area (Å²) in [6.07, 6.45) is 5.28. The Bertz CT molecular complexity index is 1460. The summed E-state index contributed by atoms with van der Waals surface area (Å²) in [5, 5.41) is 4.39. The molecule has 6 rings (SSSR count). The van der Waals surface area contributed by atoms with Gasteiger partial charge >= 0.3 is 0 Å². The molecule has 0 radical (unpaired) electrons. The Labute approximate surface area is 208 Å². The van der Waals surface area contributed by atoms with E-state index in [0.717, 1.165) is 35.1 Å². The van der Waals surface area contributed by atoms with Crippen LogP contribution in [0.5, 0.6) is 0 Å². The van der Waals surface area contributed by atoms with E-state index in [9.17, 15) is 9.18 Å². The standard InChI is InChI=1S/C27H28FN7O/c1-16-21(28)8-7-19-14-20(17(2)32-25-24-22(30-15-31-25)4-3-9-29-24)26(33-23(16)19)34-10-12-35(13-11-34)27(36)18-5-6-18/h3-4,7-9,14-15,17-18H,5-6,10-13H2,1-2H3,(H,30,31,32)/t17-/m0/s1. The lowest BCUT2D eigenvalue weighted by molar-refractivity contribution is -0.132. The number of hydrogen-bond donors (Lipinski definition) is 1. The lowest BCUT2D eigenvalue weighted by Crippen LogP contribution is -2.49. The molecule has 4 aromatic rings. The molecule has 2 aliphatic rings. The van der Waals surface area contributed by atoms with Gasteiger partial charge in [-0.15, -0.1) is 0 Å². The van der Waals surface area contributed by atoms with Crippen LogP contribution in [0.15, 0.2) is 42.9 Å². The van der Waals surface area contributed by atoms with Crippen molar-refractivity contribution in [2.75, 3.05) is 36.4 Å². The number of anilines is 2. The van der Waals surface area contributed by atoms with Crippen LogP contribution in [0.1, 0.15) is 36.9 Å². The van der Waals surface area contributed by atoms with E-state index in [4.69, 9.17) is 4.98 Å². The fourth-order valence-electron chi connectivity index (χ4n) is 4.94. The monoisotopic (exact) mass is 485 g/mol. The average Bonchev–Trinajstić information content (AvgIpc) is 3.76. The molecule has 2 fully saturated rings. The van der Waals surface area contributed by atoms with Crippen molar-refractivity contribution in [3.63, 3.8) is 0 Å². The van der Waals surface area contributed by atoms with Crippen molar-refractivity contribution in [3.05, 3.63) is 59.8 Å². The zero-order valence-electron chi connectivity index (χ0n) is 20.4. The summed E-state index contributed by atoms with van der Waals surface area (Å²) in [6.45, 7) is 6.52. The number of benzene rings is 1. The van der Waals surface area contributed by atoms with Crippen LogP contribution in [0.3, 0.4) is 0 Å². The molecule has 1 aliphatic heterocycles. The quantitative estimate of drug-likeness (QED) is 0.452. The SMILES string of the molecule is Cc1c(F)ccc2cc([C@H](C)Nc3ncnc4cccnc34)c(N3CCN(C(=O)C4CC4)CC3)nc12. The highest BCUT2D eigenvalue weighted by atomic mass is 19.1. The zero-order valence-corrected chi connectivity index (χ0v) is 20.4. The van der Waals surface area contributed by atoms with E-state index in [1.807, 2.05) is 17.0 Å². The van der Waals surface area contributed by atoms with Gasteiger partial charge in [-0.25, -0.2) is 19.3 Å². The average molecular weight is 486 g/mol. The van der Waals surface area contributed by atoms with Crippen LogP contribution in [-0.4, -0.2) is 56.9 Å². The molecule has 4 heterocycles. The molecule has 9 heteroatoms. The van der Waals surface area contributed by atoms with E-state index in [1.165, 1.54) is 12.4 Å². The van der Waals surface area contributed by atoms with E-state index in [1.54, 1.807) is 19.2 Å². The first-order valence-electron chi connectivity index (χ1n) is 12.5. The molecular weight excluding hydrogens is 457 g/mol. The van der Waals surface area contributed by atoms with Gasteiger partial charge in [-0.1, -0.05) is 0 Å². The minimum atomic E-state index is -0.266. The second-order valence-electron chi connectivity index (χ2n) is 9.69.